The summed E-state index contributed by atoms with van der Waals surface area (Å²) in [6.45, 7) is 2.39. The van der Waals surface area contributed by atoms with E-state index in [-0.39, 0.29) is 36.2 Å². The summed E-state index contributed by atoms with van der Waals surface area (Å²) in [7, 11) is 1.61. The van der Waals surface area contributed by atoms with Crippen LogP contribution >= 0.6 is 0 Å². The Labute approximate surface area is 230 Å². The Bertz CT molecular complexity index is 1200. The second-order valence-corrected chi connectivity index (χ2v) is 10.6. The molecule has 2 aliphatic carbocycles. The number of para-hydroxylation sites is 2. The van der Waals surface area contributed by atoms with Gasteiger partial charge in [0.2, 0.25) is 5.91 Å². The van der Waals surface area contributed by atoms with Gasteiger partial charge in [-0.3, -0.25) is 9.59 Å². The maximum absolute atomic E-state index is 13.9. The molecule has 6 nitrogen and oxygen atoms in total. The van der Waals surface area contributed by atoms with Crippen molar-refractivity contribution >= 4 is 11.9 Å². The van der Waals surface area contributed by atoms with Crippen LogP contribution in [-0.4, -0.2) is 48.2 Å². The lowest BCUT2D eigenvalue weighted by atomic mass is 9.73. The Morgan fingerprint density at radius 2 is 1.79 bits per heavy atom. The topological polar surface area (TPSA) is 76.1 Å². The molecule has 2 atom stereocenters. The van der Waals surface area contributed by atoms with Crippen molar-refractivity contribution < 1.29 is 28.6 Å². The zero-order valence-corrected chi connectivity index (χ0v) is 22.7. The number of amides is 1. The molecule has 0 aliphatic heterocycles. The number of benzene rings is 2. The molecule has 39 heavy (non-hydrogen) atoms. The van der Waals surface area contributed by atoms with E-state index >= 15 is 0 Å². The zero-order chi connectivity index (χ0) is 27.8. The molecule has 0 saturated heterocycles. The first kappa shape index (κ1) is 28.4. The third-order valence-corrected chi connectivity index (χ3v) is 8.05. The molecule has 4 rings (SSSR count). The average molecular weight is 536 g/mol. The van der Waals surface area contributed by atoms with Gasteiger partial charge in [0.1, 0.15) is 11.2 Å². The lowest BCUT2D eigenvalue weighted by molar-refractivity contribution is -0.151. The van der Waals surface area contributed by atoms with Crippen molar-refractivity contribution in [1.82, 2.24) is 4.90 Å². The van der Waals surface area contributed by atoms with E-state index in [4.69, 9.17) is 9.47 Å². The number of halogens is 1. The van der Waals surface area contributed by atoms with Gasteiger partial charge in [0.05, 0.1) is 13.2 Å². The van der Waals surface area contributed by atoms with Crippen LogP contribution in [0.2, 0.25) is 0 Å². The van der Waals surface area contributed by atoms with Gasteiger partial charge in [-0.25, -0.2) is 4.39 Å². The Morgan fingerprint density at radius 3 is 2.46 bits per heavy atom. The molecule has 0 bridgehead atoms. The number of carbonyl (C=O) groups excluding carboxylic acids is 1. The first-order chi connectivity index (χ1) is 18.8. The van der Waals surface area contributed by atoms with Gasteiger partial charge < -0.3 is 19.5 Å². The van der Waals surface area contributed by atoms with E-state index in [9.17, 15) is 19.1 Å². The highest BCUT2D eigenvalue weighted by Gasteiger charge is 2.44. The molecule has 2 unspecified atom stereocenters. The molecule has 0 spiro atoms. The van der Waals surface area contributed by atoms with Crippen molar-refractivity contribution in [1.29, 1.82) is 0 Å². The highest BCUT2D eigenvalue weighted by atomic mass is 19.1. The highest BCUT2D eigenvalue weighted by molar-refractivity contribution is 5.82. The Hall–Kier alpha value is -3.61. The van der Waals surface area contributed by atoms with Crippen LogP contribution in [0.4, 0.5) is 4.39 Å². The summed E-state index contributed by atoms with van der Waals surface area (Å²) in [5, 5.41) is 10.3. The number of rotatable bonds is 11. The van der Waals surface area contributed by atoms with Crippen LogP contribution < -0.4 is 9.47 Å². The van der Waals surface area contributed by atoms with Crippen LogP contribution in [-0.2, 0) is 16.0 Å². The molecule has 2 aliphatic rings. The van der Waals surface area contributed by atoms with Crippen molar-refractivity contribution in [3.8, 4) is 11.5 Å². The lowest BCUT2D eigenvalue weighted by Crippen LogP contribution is -2.50. The van der Waals surface area contributed by atoms with Crippen LogP contribution in [0.25, 0.3) is 0 Å². The molecule has 2 aromatic carbocycles. The highest BCUT2D eigenvalue weighted by Crippen LogP contribution is 2.37. The summed E-state index contributed by atoms with van der Waals surface area (Å²) in [4.78, 5) is 28.1. The van der Waals surface area contributed by atoms with Crippen LogP contribution in [0.5, 0.6) is 11.5 Å². The normalized spacial score (nSPS) is 24.2. The molecular formula is C32H38FNO5. The molecule has 7 heteroatoms. The number of aryl methyl sites for hydroxylation is 1. The fraction of sp³-hybridized carbons (Fsp3) is 0.438. The summed E-state index contributed by atoms with van der Waals surface area (Å²) >= 11 is 0. The van der Waals surface area contributed by atoms with E-state index in [0.29, 0.717) is 43.7 Å². The number of allylic oxidation sites excluding steroid dienone is 3. The molecule has 0 radical (unpaired) electrons. The number of carbonyl (C=O) groups is 2. The standard InChI is InChI=1S/C32H38FNO5/c1-23-9-5-6-19-32(23,31(36)37)22-34(20-8-11-24-10-7-12-26(33)21-24)30(35)25-15-17-27(18-16-25)39-29-14-4-3-13-28(29)38-2/h3-7,9-10,12-14,19,21,23,25,27H,8,11,15-18,20,22H2,1-2H3,(H,36,37). The molecular weight excluding hydrogens is 497 g/mol. The van der Waals surface area contributed by atoms with E-state index in [1.54, 1.807) is 30.2 Å². The van der Waals surface area contributed by atoms with Gasteiger partial charge in [-0.15, -0.1) is 0 Å². The third-order valence-electron chi connectivity index (χ3n) is 8.05. The number of nitrogens with zero attached hydrogens (tertiary/aromatic N) is 1. The van der Waals surface area contributed by atoms with E-state index < -0.39 is 11.4 Å². The summed E-state index contributed by atoms with van der Waals surface area (Å²) < 4.78 is 25.3. The molecule has 1 amide bonds. The third kappa shape index (κ3) is 6.88. The summed E-state index contributed by atoms with van der Waals surface area (Å²) in [6.07, 6.45) is 11.2. The number of aliphatic carboxylic acids is 1. The number of carboxylic acid groups (broad SMARTS) is 1. The Morgan fingerprint density at radius 1 is 1.05 bits per heavy atom. The first-order valence-electron chi connectivity index (χ1n) is 13.7. The molecule has 1 N–H and O–H groups in total. The smallest absolute Gasteiger partial charge is 0.315 e. The fourth-order valence-electron chi connectivity index (χ4n) is 5.64. The quantitative estimate of drug-likeness (QED) is 0.378. The predicted molar refractivity (Wildman–Crippen MR) is 148 cm³/mol. The monoisotopic (exact) mass is 535 g/mol. The van der Waals surface area contributed by atoms with Gasteiger partial charge in [0, 0.05) is 19.0 Å². The van der Waals surface area contributed by atoms with Gasteiger partial charge >= 0.3 is 5.97 Å². The van der Waals surface area contributed by atoms with Gasteiger partial charge in [-0.2, -0.15) is 0 Å². The van der Waals surface area contributed by atoms with Crippen LogP contribution in [0.3, 0.4) is 0 Å². The van der Waals surface area contributed by atoms with E-state index in [1.807, 2.05) is 49.4 Å². The van der Waals surface area contributed by atoms with Crippen molar-refractivity contribution in [3.63, 3.8) is 0 Å². The number of hydrogen-bond donors (Lipinski definition) is 1. The van der Waals surface area contributed by atoms with Gasteiger partial charge in [-0.1, -0.05) is 55.5 Å². The van der Waals surface area contributed by atoms with Crippen molar-refractivity contribution in [3.05, 3.63) is 84.2 Å². The minimum absolute atomic E-state index is 0.0106. The van der Waals surface area contributed by atoms with Crippen molar-refractivity contribution in [2.45, 2.75) is 51.6 Å². The molecule has 1 fully saturated rings. The minimum atomic E-state index is -1.19. The number of carboxylic acids is 1. The maximum Gasteiger partial charge on any atom is 0.315 e. The molecule has 2 aromatic rings. The molecule has 208 valence electrons. The van der Waals surface area contributed by atoms with Crippen molar-refractivity contribution in [2.24, 2.45) is 17.3 Å². The van der Waals surface area contributed by atoms with Gasteiger partial charge in [0.15, 0.2) is 11.5 Å². The zero-order valence-electron chi connectivity index (χ0n) is 22.7. The number of ether oxygens (including phenoxy) is 2. The maximum atomic E-state index is 13.9. The fourth-order valence-corrected chi connectivity index (χ4v) is 5.64. The van der Waals surface area contributed by atoms with E-state index in [1.165, 1.54) is 12.1 Å². The van der Waals surface area contributed by atoms with Gasteiger partial charge in [-0.05, 0) is 74.3 Å². The van der Waals surface area contributed by atoms with E-state index in [0.717, 1.165) is 18.4 Å². The second-order valence-electron chi connectivity index (χ2n) is 10.6. The second kappa shape index (κ2) is 13.0. The molecule has 0 heterocycles. The van der Waals surface area contributed by atoms with Crippen LogP contribution in [0, 0.1) is 23.1 Å². The summed E-state index contributed by atoms with van der Waals surface area (Å²) in [6, 6.07) is 14.0. The number of methoxy groups -OCH3 is 1. The molecule has 0 aromatic heterocycles. The van der Waals surface area contributed by atoms with E-state index in [2.05, 4.69) is 0 Å². The van der Waals surface area contributed by atoms with Crippen LogP contribution in [0.15, 0.2) is 72.8 Å². The number of hydrogen-bond acceptors (Lipinski definition) is 4. The first-order valence-corrected chi connectivity index (χ1v) is 13.7. The Balaban J connectivity index is 1.44. The predicted octanol–water partition coefficient (Wildman–Crippen LogP) is 6.07. The van der Waals surface area contributed by atoms with Gasteiger partial charge in [0.25, 0.3) is 0 Å². The molecule has 1 saturated carbocycles. The minimum Gasteiger partial charge on any atom is -0.493 e. The summed E-state index contributed by atoms with van der Waals surface area (Å²) in [5.74, 6) is -0.311. The van der Waals surface area contributed by atoms with Crippen LogP contribution in [0.1, 0.15) is 44.6 Å². The van der Waals surface area contributed by atoms with Crippen molar-refractivity contribution in [2.75, 3.05) is 20.2 Å². The SMILES string of the molecule is COc1ccccc1OC1CCC(C(=O)N(CCCc2cccc(F)c2)CC2(C(=O)O)C=CC=CC2C)CC1. The Kier molecular flexibility index (Phi) is 9.44. The lowest BCUT2D eigenvalue weighted by Gasteiger charge is -2.39. The largest absolute Gasteiger partial charge is 0.493 e. The summed E-state index contributed by atoms with van der Waals surface area (Å²) in [5.41, 5.74) is -0.328. The average Bonchev–Trinajstić information content (AvgIpc) is 2.94.